The number of rotatable bonds is 6. The van der Waals surface area contributed by atoms with Crippen molar-refractivity contribution in [3.05, 3.63) is 50.6 Å². The lowest BCUT2D eigenvalue weighted by molar-refractivity contribution is 0.281. The Morgan fingerprint density at radius 3 is 2.76 bits per heavy atom. The highest BCUT2D eigenvalue weighted by Crippen LogP contribution is 2.25. The van der Waals surface area contributed by atoms with Crippen LogP contribution in [-0.2, 0) is 10.8 Å². The van der Waals surface area contributed by atoms with Crippen LogP contribution in [0.3, 0.4) is 0 Å². The van der Waals surface area contributed by atoms with Crippen molar-refractivity contribution in [3.63, 3.8) is 0 Å². The normalized spacial score (nSPS) is 14.3. The number of hydrogen-bond donors (Lipinski definition) is 0. The van der Waals surface area contributed by atoms with E-state index in [4.69, 9.17) is 23.2 Å². The van der Waals surface area contributed by atoms with Crippen molar-refractivity contribution in [1.29, 1.82) is 0 Å². The van der Waals surface area contributed by atoms with Crippen LogP contribution in [0.25, 0.3) is 0 Å². The van der Waals surface area contributed by atoms with E-state index in [1.807, 2.05) is 13.1 Å². The summed E-state index contributed by atoms with van der Waals surface area (Å²) in [5, 5.41) is 3.14. The van der Waals surface area contributed by atoms with Crippen molar-refractivity contribution in [1.82, 2.24) is 4.90 Å². The van der Waals surface area contributed by atoms with Gasteiger partial charge in [0.2, 0.25) is 0 Å². The molecule has 2 aromatic rings. The Bertz CT molecular complexity index is 616. The summed E-state index contributed by atoms with van der Waals surface area (Å²) in [4.78, 5) is 4.12. The third-order valence-electron chi connectivity index (χ3n) is 3.38. The number of hydrogen-bond acceptors (Lipinski definition) is 3. The number of benzene rings is 1. The molecule has 2 rings (SSSR count). The van der Waals surface area contributed by atoms with Crippen molar-refractivity contribution in [2.24, 2.45) is 0 Å². The molecule has 6 heteroatoms. The zero-order valence-corrected chi connectivity index (χ0v) is 15.0. The Morgan fingerprint density at radius 2 is 2.10 bits per heavy atom. The van der Waals surface area contributed by atoms with E-state index in [0.717, 1.165) is 6.54 Å². The van der Waals surface area contributed by atoms with Crippen LogP contribution < -0.4 is 0 Å². The Labute approximate surface area is 142 Å². The molecule has 0 saturated heterocycles. The van der Waals surface area contributed by atoms with Crippen LogP contribution in [0, 0.1) is 0 Å². The number of halogens is 2. The smallest absolute Gasteiger partial charge is 0.0589 e. The second-order valence-corrected chi connectivity index (χ2v) is 8.16. The molecule has 21 heavy (non-hydrogen) atoms. The molecule has 2 atom stereocenters. The maximum Gasteiger partial charge on any atom is 0.0589 e. The van der Waals surface area contributed by atoms with Gasteiger partial charge in [0, 0.05) is 28.2 Å². The minimum atomic E-state index is -1.14. The van der Waals surface area contributed by atoms with Gasteiger partial charge in [-0.3, -0.25) is 9.11 Å². The molecule has 1 aromatic heterocycles. The lowest BCUT2D eigenvalue weighted by Crippen LogP contribution is -2.26. The third-order valence-corrected chi connectivity index (χ3v) is 6.49. The molecule has 0 saturated carbocycles. The highest BCUT2D eigenvalue weighted by atomic mass is 35.5. The van der Waals surface area contributed by atoms with Gasteiger partial charge in [0.15, 0.2) is 0 Å². The number of nitrogens with zero attached hydrogens (tertiary/aromatic N) is 1. The van der Waals surface area contributed by atoms with Gasteiger partial charge < -0.3 is 0 Å². The van der Waals surface area contributed by atoms with Gasteiger partial charge in [0.05, 0.1) is 20.7 Å². The molecule has 1 aromatic carbocycles. The molecule has 1 heterocycles. The van der Waals surface area contributed by atoms with Crippen molar-refractivity contribution in [3.8, 4) is 0 Å². The quantitative estimate of drug-likeness (QED) is 0.732. The van der Waals surface area contributed by atoms with Gasteiger partial charge in [0.1, 0.15) is 0 Å². The Hall–Kier alpha value is -0.390. The molecule has 0 aliphatic carbocycles. The zero-order valence-electron chi connectivity index (χ0n) is 11.9. The van der Waals surface area contributed by atoms with Crippen LogP contribution in [0.2, 0.25) is 10.0 Å². The van der Waals surface area contributed by atoms with Gasteiger partial charge in [-0.2, -0.15) is 0 Å². The van der Waals surface area contributed by atoms with E-state index >= 15 is 0 Å². The number of thiophene rings is 1. The van der Waals surface area contributed by atoms with Crippen molar-refractivity contribution >= 4 is 45.3 Å². The Morgan fingerprint density at radius 1 is 1.33 bits per heavy atom. The average Bonchev–Trinajstić information content (AvgIpc) is 3.00. The van der Waals surface area contributed by atoms with Crippen molar-refractivity contribution < 1.29 is 4.21 Å². The first-order valence-corrected chi connectivity index (χ1v) is 9.51. The first kappa shape index (κ1) is 17.0. The van der Waals surface area contributed by atoms with Gasteiger partial charge in [-0.05, 0) is 43.6 Å². The first-order valence-electron chi connectivity index (χ1n) is 6.56. The average molecular weight is 362 g/mol. The van der Waals surface area contributed by atoms with E-state index in [2.05, 4.69) is 23.3 Å². The van der Waals surface area contributed by atoms with Crippen LogP contribution in [0.15, 0.2) is 40.6 Å². The predicted molar refractivity (Wildman–Crippen MR) is 93.1 cm³/mol. The van der Waals surface area contributed by atoms with E-state index in [-0.39, 0.29) is 0 Å². The maximum atomic E-state index is 12.4. The molecule has 0 bridgehead atoms. The Kier molecular flexibility index (Phi) is 6.26. The topological polar surface area (TPSA) is 20.3 Å². The van der Waals surface area contributed by atoms with E-state index in [1.54, 1.807) is 29.5 Å². The lowest BCUT2D eigenvalue weighted by atomic mass is 10.2. The lowest BCUT2D eigenvalue weighted by Gasteiger charge is -2.23. The van der Waals surface area contributed by atoms with E-state index in [9.17, 15) is 4.21 Å². The van der Waals surface area contributed by atoms with Crippen molar-refractivity contribution in [2.75, 3.05) is 19.3 Å². The first-order chi connectivity index (χ1) is 9.99. The summed E-state index contributed by atoms with van der Waals surface area (Å²) in [6, 6.07) is 9.56. The predicted octanol–water partition coefficient (Wildman–Crippen LogP) is 4.86. The maximum absolute atomic E-state index is 12.4. The monoisotopic (exact) mass is 361 g/mol. The molecule has 2 nitrogen and oxygen atoms in total. The van der Waals surface area contributed by atoms with E-state index in [0.29, 0.717) is 26.7 Å². The minimum absolute atomic E-state index is 0.317. The van der Waals surface area contributed by atoms with Crippen LogP contribution in [-0.4, -0.2) is 28.5 Å². The van der Waals surface area contributed by atoms with Gasteiger partial charge in [-0.1, -0.05) is 29.3 Å². The van der Waals surface area contributed by atoms with Crippen LogP contribution in [0.4, 0.5) is 0 Å². The molecule has 0 amide bonds. The second kappa shape index (κ2) is 7.75. The summed E-state index contributed by atoms with van der Waals surface area (Å²) < 4.78 is 12.4. The molecule has 0 fully saturated rings. The van der Waals surface area contributed by atoms with Gasteiger partial charge in [0.25, 0.3) is 0 Å². The molecule has 0 aliphatic rings. The standard InChI is InChI=1S/C15H17Cl2NOS2/c1-11(14-4-3-8-20-14)18(2)7-9-21(19)15-10-12(16)5-6-13(15)17/h3-6,8,10-11H,7,9H2,1-2H3. The summed E-state index contributed by atoms with van der Waals surface area (Å²) in [7, 11) is 0.899. The van der Waals surface area contributed by atoms with Gasteiger partial charge in [-0.15, -0.1) is 11.3 Å². The van der Waals surface area contributed by atoms with E-state index < -0.39 is 10.8 Å². The summed E-state index contributed by atoms with van der Waals surface area (Å²) in [6.45, 7) is 2.88. The molecule has 2 unspecified atom stereocenters. The van der Waals surface area contributed by atoms with Crippen LogP contribution in [0.1, 0.15) is 17.8 Å². The zero-order chi connectivity index (χ0) is 15.4. The molecule has 0 radical (unpaired) electrons. The summed E-state index contributed by atoms with van der Waals surface area (Å²) >= 11 is 13.8. The highest BCUT2D eigenvalue weighted by Gasteiger charge is 2.15. The molecule has 0 spiro atoms. The molecule has 0 N–H and O–H groups in total. The van der Waals surface area contributed by atoms with Gasteiger partial charge in [-0.25, -0.2) is 0 Å². The SMILES string of the molecule is CC(c1cccs1)N(C)CCS(=O)c1cc(Cl)ccc1Cl. The Balaban J connectivity index is 1.96. The summed E-state index contributed by atoms with van der Waals surface area (Å²) in [6.07, 6.45) is 0. The third kappa shape index (κ3) is 4.54. The van der Waals surface area contributed by atoms with Crippen LogP contribution >= 0.6 is 34.5 Å². The largest absolute Gasteiger partial charge is 0.298 e. The van der Waals surface area contributed by atoms with Crippen molar-refractivity contribution in [2.45, 2.75) is 17.9 Å². The summed E-state index contributed by atoms with van der Waals surface area (Å²) in [5.41, 5.74) is 0. The summed E-state index contributed by atoms with van der Waals surface area (Å²) in [5.74, 6) is 0.534. The molecular formula is C15H17Cl2NOS2. The van der Waals surface area contributed by atoms with Gasteiger partial charge >= 0.3 is 0 Å². The highest BCUT2D eigenvalue weighted by molar-refractivity contribution is 7.85. The fraction of sp³-hybridized carbons (Fsp3) is 0.333. The fourth-order valence-corrected chi connectivity index (χ4v) is 4.61. The van der Waals surface area contributed by atoms with E-state index in [1.165, 1.54) is 4.88 Å². The second-order valence-electron chi connectivity index (χ2n) is 4.80. The molecule has 0 aliphatic heterocycles. The minimum Gasteiger partial charge on any atom is -0.298 e. The van der Waals surface area contributed by atoms with Crippen LogP contribution in [0.5, 0.6) is 0 Å². The molecule has 114 valence electrons. The fourth-order valence-electron chi connectivity index (χ4n) is 1.93. The molecular weight excluding hydrogens is 345 g/mol.